The number of anilines is 1. The second-order valence-electron chi connectivity index (χ2n) is 5.64. The first-order chi connectivity index (χ1) is 13.4. The number of nitrogens with zero attached hydrogens (tertiary/aromatic N) is 2. The molecule has 1 fully saturated rings. The largest absolute Gasteiger partial charge is 0.493 e. The minimum Gasteiger partial charge on any atom is -0.493 e. The van der Waals surface area contributed by atoms with Gasteiger partial charge >= 0.3 is 0 Å². The zero-order valence-electron chi connectivity index (χ0n) is 15.1. The molecule has 1 aliphatic rings. The van der Waals surface area contributed by atoms with Crippen molar-refractivity contribution in [1.29, 1.82) is 0 Å². The summed E-state index contributed by atoms with van der Waals surface area (Å²) in [7, 11) is 1.56. The van der Waals surface area contributed by atoms with Crippen LogP contribution in [0.5, 0.6) is 11.5 Å². The van der Waals surface area contributed by atoms with E-state index in [4.69, 9.17) is 21.7 Å². The number of hydrogen-bond donors (Lipinski definition) is 0. The highest BCUT2D eigenvalue weighted by Gasteiger charge is 2.34. The van der Waals surface area contributed by atoms with Crippen molar-refractivity contribution >= 4 is 51.7 Å². The van der Waals surface area contributed by atoms with Crippen LogP contribution in [0, 0.1) is 10.1 Å². The van der Waals surface area contributed by atoms with Gasteiger partial charge in [-0.1, -0.05) is 36.1 Å². The molecule has 0 N–H and O–H groups in total. The summed E-state index contributed by atoms with van der Waals surface area (Å²) in [5.41, 5.74) is 1.01. The lowest BCUT2D eigenvalue weighted by molar-refractivity contribution is -0.384. The van der Waals surface area contributed by atoms with Crippen LogP contribution in [0.25, 0.3) is 6.08 Å². The molecular weight excluding hydrogens is 400 g/mol. The van der Waals surface area contributed by atoms with E-state index in [9.17, 15) is 14.9 Å². The third-order valence-corrected chi connectivity index (χ3v) is 5.18. The van der Waals surface area contributed by atoms with E-state index >= 15 is 0 Å². The van der Waals surface area contributed by atoms with Crippen molar-refractivity contribution in [2.45, 2.75) is 6.92 Å². The molecule has 28 heavy (non-hydrogen) atoms. The average Bonchev–Trinajstić information content (AvgIpc) is 2.95. The Balaban J connectivity index is 1.92. The molecular formula is C19H16N2O5S2. The van der Waals surface area contributed by atoms with Crippen LogP contribution >= 0.6 is 24.0 Å². The summed E-state index contributed by atoms with van der Waals surface area (Å²) >= 11 is 6.46. The molecule has 2 aromatic carbocycles. The summed E-state index contributed by atoms with van der Waals surface area (Å²) in [6, 6.07) is 11.2. The van der Waals surface area contributed by atoms with E-state index in [0.717, 1.165) is 17.3 Å². The fourth-order valence-electron chi connectivity index (χ4n) is 2.64. The van der Waals surface area contributed by atoms with E-state index in [2.05, 4.69) is 0 Å². The molecule has 0 unspecified atom stereocenters. The summed E-state index contributed by atoms with van der Waals surface area (Å²) in [5.74, 6) is 0.848. The molecule has 9 heteroatoms. The first-order valence-corrected chi connectivity index (χ1v) is 9.50. The van der Waals surface area contributed by atoms with Gasteiger partial charge in [-0.15, -0.1) is 0 Å². The summed E-state index contributed by atoms with van der Waals surface area (Å²) in [5, 5.41) is 11.0. The standard InChI is InChI=1S/C19H16N2O5S2/c1-3-26-16-9-12(7-8-15(16)25-2)10-17-18(22)20(19(27)28-17)13-5-4-6-14(11-13)21(23)24/h4-11H,3H2,1-2H3/b17-10-. The smallest absolute Gasteiger partial charge is 0.271 e. The number of hydrogen-bond acceptors (Lipinski definition) is 7. The Labute approximate surface area is 171 Å². The monoisotopic (exact) mass is 416 g/mol. The van der Waals surface area contributed by atoms with Crippen molar-refractivity contribution in [3.63, 3.8) is 0 Å². The van der Waals surface area contributed by atoms with Gasteiger partial charge in [-0.25, -0.2) is 0 Å². The van der Waals surface area contributed by atoms with Crippen LogP contribution in [0.1, 0.15) is 12.5 Å². The fraction of sp³-hybridized carbons (Fsp3) is 0.158. The van der Waals surface area contributed by atoms with Gasteiger partial charge in [-0.3, -0.25) is 19.8 Å². The molecule has 2 aromatic rings. The maximum atomic E-state index is 12.9. The Kier molecular flexibility index (Phi) is 5.96. The Morgan fingerprint density at radius 3 is 2.71 bits per heavy atom. The number of amides is 1. The van der Waals surface area contributed by atoms with E-state index in [-0.39, 0.29) is 11.6 Å². The third-order valence-electron chi connectivity index (χ3n) is 3.88. The Bertz CT molecular complexity index is 990. The minimum absolute atomic E-state index is 0.105. The molecule has 0 saturated carbocycles. The van der Waals surface area contributed by atoms with Crippen LogP contribution in [0.15, 0.2) is 47.4 Å². The quantitative estimate of drug-likeness (QED) is 0.299. The molecule has 1 aliphatic heterocycles. The Morgan fingerprint density at radius 1 is 1.25 bits per heavy atom. The predicted molar refractivity (Wildman–Crippen MR) is 113 cm³/mol. The molecule has 0 aliphatic carbocycles. The highest BCUT2D eigenvalue weighted by Crippen LogP contribution is 2.38. The second kappa shape index (κ2) is 8.41. The lowest BCUT2D eigenvalue weighted by atomic mass is 10.1. The summed E-state index contributed by atoms with van der Waals surface area (Å²) in [6.07, 6.45) is 1.71. The van der Waals surface area contributed by atoms with Gasteiger partial charge in [0.15, 0.2) is 15.8 Å². The number of thioether (sulfide) groups is 1. The van der Waals surface area contributed by atoms with E-state index < -0.39 is 4.92 Å². The molecule has 1 amide bonds. The number of methoxy groups -OCH3 is 1. The zero-order chi connectivity index (χ0) is 20.3. The van der Waals surface area contributed by atoms with E-state index in [1.54, 1.807) is 37.5 Å². The summed E-state index contributed by atoms with van der Waals surface area (Å²) < 4.78 is 11.1. The fourth-order valence-corrected chi connectivity index (χ4v) is 3.94. The van der Waals surface area contributed by atoms with Gasteiger partial charge in [-0.2, -0.15) is 0 Å². The lowest BCUT2D eigenvalue weighted by Crippen LogP contribution is -2.27. The van der Waals surface area contributed by atoms with Crippen molar-refractivity contribution in [2.24, 2.45) is 0 Å². The molecule has 0 aromatic heterocycles. The maximum Gasteiger partial charge on any atom is 0.271 e. The highest BCUT2D eigenvalue weighted by molar-refractivity contribution is 8.27. The molecule has 7 nitrogen and oxygen atoms in total. The number of rotatable bonds is 6. The number of nitro groups is 1. The molecule has 3 rings (SSSR count). The molecule has 144 valence electrons. The second-order valence-corrected chi connectivity index (χ2v) is 7.31. The Morgan fingerprint density at radius 2 is 2.04 bits per heavy atom. The first kappa shape index (κ1) is 19.8. The number of carbonyl (C=O) groups excluding carboxylic acids is 1. The molecule has 0 atom stereocenters. The number of nitro benzene ring substituents is 1. The number of carbonyl (C=O) groups is 1. The van der Waals surface area contributed by atoms with Crippen molar-refractivity contribution in [2.75, 3.05) is 18.6 Å². The molecule has 0 radical (unpaired) electrons. The Hall–Kier alpha value is -2.91. The third kappa shape index (κ3) is 4.00. The highest BCUT2D eigenvalue weighted by atomic mass is 32.2. The number of thiocarbonyl (C=S) groups is 1. The SMILES string of the molecule is CCOc1cc(/C=C2\SC(=S)N(c3cccc([N+](=O)[O-])c3)C2=O)ccc1OC. The van der Waals surface area contributed by atoms with Crippen LogP contribution in [-0.4, -0.2) is 28.9 Å². The van der Waals surface area contributed by atoms with Crippen molar-refractivity contribution in [3.8, 4) is 11.5 Å². The van der Waals surface area contributed by atoms with E-state index in [0.29, 0.717) is 33.0 Å². The molecule has 1 saturated heterocycles. The van der Waals surface area contributed by atoms with Gasteiger partial charge in [0.25, 0.3) is 11.6 Å². The van der Waals surface area contributed by atoms with E-state index in [1.807, 2.05) is 6.92 Å². The normalized spacial score (nSPS) is 15.2. The minimum atomic E-state index is -0.510. The van der Waals surface area contributed by atoms with Gasteiger partial charge in [0.1, 0.15) is 0 Å². The van der Waals surface area contributed by atoms with Crippen molar-refractivity contribution in [1.82, 2.24) is 0 Å². The van der Waals surface area contributed by atoms with Crippen molar-refractivity contribution < 1.29 is 19.2 Å². The van der Waals surface area contributed by atoms with Crippen LogP contribution in [0.3, 0.4) is 0 Å². The number of ether oxygens (including phenoxy) is 2. The molecule has 1 heterocycles. The van der Waals surface area contributed by atoms with Crippen LogP contribution < -0.4 is 14.4 Å². The lowest BCUT2D eigenvalue weighted by Gasteiger charge is -2.14. The molecule has 0 spiro atoms. The van der Waals surface area contributed by atoms with Gasteiger partial charge < -0.3 is 9.47 Å². The first-order valence-electron chi connectivity index (χ1n) is 8.28. The van der Waals surface area contributed by atoms with Crippen LogP contribution in [-0.2, 0) is 4.79 Å². The maximum absolute atomic E-state index is 12.9. The number of benzene rings is 2. The van der Waals surface area contributed by atoms with Crippen molar-refractivity contribution in [3.05, 3.63) is 63.0 Å². The molecule has 0 bridgehead atoms. The van der Waals surface area contributed by atoms with Gasteiger partial charge in [0.05, 0.1) is 29.2 Å². The zero-order valence-corrected chi connectivity index (χ0v) is 16.7. The van der Waals surface area contributed by atoms with Crippen LogP contribution in [0.2, 0.25) is 0 Å². The van der Waals surface area contributed by atoms with Gasteiger partial charge in [0, 0.05) is 12.1 Å². The number of non-ortho nitro benzene ring substituents is 1. The van der Waals surface area contributed by atoms with E-state index in [1.165, 1.54) is 23.1 Å². The van der Waals surface area contributed by atoms with Gasteiger partial charge in [0.2, 0.25) is 0 Å². The topological polar surface area (TPSA) is 81.9 Å². The predicted octanol–water partition coefficient (Wildman–Crippen LogP) is 4.41. The van der Waals surface area contributed by atoms with Gasteiger partial charge in [-0.05, 0) is 36.8 Å². The van der Waals surface area contributed by atoms with Crippen LogP contribution in [0.4, 0.5) is 11.4 Å². The summed E-state index contributed by atoms with van der Waals surface area (Å²) in [4.78, 5) is 25.1. The summed E-state index contributed by atoms with van der Waals surface area (Å²) in [6.45, 7) is 2.35. The average molecular weight is 416 g/mol.